The van der Waals surface area contributed by atoms with Crippen molar-refractivity contribution in [2.45, 2.75) is 18.9 Å². The van der Waals surface area contributed by atoms with Crippen LogP contribution in [0.5, 0.6) is 0 Å². The molecule has 5 rings (SSSR count). The van der Waals surface area contributed by atoms with E-state index in [-0.39, 0.29) is 34.7 Å². The van der Waals surface area contributed by atoms with Gasteiger partial charge in [-0.1, -0.05) is 5.16 Å². The Morgan fingerprint density at radius 3 is 2.44 bits per heavy atom. The summed E-state index contributed by atoms with van der Waals surface area (Å²) in [4.78, 5) is 8.08. The van der Waals surface area contributed by atoms with Gasteiger partial charge in [0.2, 0.25) is 0 Å². The molecule has 0 N–H and O–H groups in total. The molecule has 0 saturated carbocycles. The van der Waals surface area contributed by atoms with Crippen molar-refractivity contribution in [3.8, 4) is 23.2 Å². The van der Waals surface area contributed by atoms with Gasteiger partial charge in [0.1, 0.15) is 0 Å². The summed E-state index contributed by atoms with van der Waals surface area (Å²) in [5.74, 6) is -0.187. The maximum atomic E-state index is 13.6. The number of halogens is 6. The van der Waals surface area contributed by atoms with Crippen molar-refractivity contribution < 1.29 is 30.9 Å². The van der Waals surface area contributed by atoms with Crippen LogP contribution in [0.2, 0.25) is 0 Å². The first-order valence-corrected chi connectivity index (χ1v) is 10.2. The van der Waals surface area contributed by atoms with E-state index in [9.17, 15) is 26.3 Å². The van der Waals surface area contributed by atoms with Gasteiger partial charge in [0.15, 0.2) is 5.82 Å². The number of benzene rings is 2. The van der Waals surface area contributed by atoms with Crippen LogP contribution in [0, 0.1) is 11.3 Å². The van der Waals surface area contributed by atoms with Gasteiger partial charge in [-0.05, 0) is 36.4 Å². The summed E-state index contributed by atoms with van der Waals surface area (Å²) >= 11 is 0. The largest absolute Gasteiger partial charge is 0.418 e. The molecule has 0 bridgehead atoms. The van der Waals surface area contributed by atoms with Crippen LogP contribution in [0.4, 0.5) is 26.3 Å². The Labute approximate surface area is 197 Å². The summed E-state index contributed by atoms with van der Waals surface area (Å²) < 4.78 is 88.9. The number of aromatic nitrogens is 5. The first-order chi connectivity index (χ1) is 17.1. The first kappa shape index (κ1) is 23.2. The van der Waals surface area contributed by atoms with E-state index < -0.39 is 29.0 Å². The Kier molecular flexibility index (Phi) is 5.31. The number of alkyl halides is 6. The molecule has 0 unspecified atom stereocenters. The van der Waals surface area contributed by atoms with Gasteiger partial charge < -0.3 is 13.7 Å². The van der Waals surface area contributed by atoms with E-state index in [1.807, 2.05) is 0 Å². The number of hydrogen-bond donors (Lipinski definition) is 0. The van der Waals surface area contributed by atoms with Gasteiger partial charge in [-0.3, -0.25) is 0 Å². The quantitative estimate of drug-likeness (QED) is 0.289. The maximum Gasteiger partial charge on any atom is 0.418 e. The maximum absolute atomic E-state index is 13.6. The smallest absolute Gasteiger partial charge is 0.340 e. The molecule has 13 heteroatoms. The number of nitriles is 1. The molecule has 0 aliphatic heterocycles. The highest BCUT2D eigenvalue weighted by Crippen LogP contribution is 2.38. The molecule has 0 aliphatic rings. The zero-order valence-electron chi connectivity index (χ0n) is 17.8. The molecule has 0 atom stereocenters. The predicted molar refractivity (Wildman–Crippen MR) is 113 cm³/mol. The fourth-order valence-electron chi connectivity index (χ4n) is 3.90. The summed E-state index contributed by atoms with van der Waals surface area (Å²) in [6.07, 6.45) is -3.62. The molecular formula is C23H12F6N6O. The molecule has 5 aromatic rings. The second-order valence-electron chi connectivity index (χ2n) is 7.69. The number of nitrogens with zero attached hydrogens (tertiary/aromatic N) is 6. The standard InChI is InChI=1S/C23H12F6N6O/c24-22(25,26)14-2-4-18(35-8-6-31-12-35)16(9-14)21-32-19(33-36-21)11-34-7-5-15-17(34)3-1-13(10-30)20(15)23(27,28)29/h1-9,12H,11H2. The molecule has 3 heterocycles. The molecule has 0 aliphatic carbocycles. The zero-order valence-corrected chi connectivity index (χ0v) is 17.8. The normalized spacial score (nSPS) is 12.2. The van der Waals surface area contributed by atoms with Crippen molar-refractivity contribution >= 4 is 10.9 Å². The van der Waals surface area contributed by atoms with E-state index in [0.717, 1.165) is 18.2 Å². The third-order valence-corrected chi connectivity index (χ3v) is 5.47. The van der Waals surface area contributed by atoms with Crippen molar-refractivity contribution in [1.82, 2.24) is 24.3 Å². The number of fused-ring (bicyclic) bond motifs is 1. The van der Waals surface area contributed by atoms with Crippen LogP contribution in [-0.4, -0.2) is 24.3 Å². The van der Waals surface area contributed by atoms with Crippen LogP contribution < -0.4 is 0 Å². The van der Waals surface area contributed by atoms with E-state index in [1.54, 1.807) is 6.07 Å². The van der Waals surface area contributed by atoms with Gasteiger partial charge in [-0.15, -0.1) is 0 Å². The average Bonchev–Trinajstić information content (AvgIpc) is 3.59. The highest BCUT2D eigenvalue weighted by molar-refractivity contribution is 5.86. The third kappa shape index (κ3) is 4.06. The van der Waals surface area contributed by atoms with E-state index >= 15 is 0 Å². The molecule has 0 saturated heterocycles. The van der Waals surface area contributed by atoms with Gasteiger partial charge in [0, 0.05) is 29.5 Å². The van der Waals surface area contributed by atoms with Crippen LogP contribution in [0.1, 0.15) is 22.5 Å². The Morgan fingerprint density at radius 1 is 0.972 bits per heavy atom. The fraction of sp³-hybridized carbons (Fsp3) is 0.130. The molecule has 0 spiro atoms. The van der Waals surface area contributed by atoms with Gasteiger partial charge in [0.25, 0.3) is 5.89 Å². The molecule has 182 valence electrons. The second kappa shape index (κ2) is 8.26. The van der Waals surface area contributed by atoms with Crippen LogP contribution in [0.15, 0.2) is 65.8 Å². The van der Waals surface area contributed by atoms with Crippen LogP contribution in [0.25, 0.3) is 28.0 Å². The van der Waals surface area contributed by atoms with Gasteiger partial charge in [-0.25, -0.2) is 4.98 Å². The van der Waals surface area contributed by atoms with Gasteiger partial charge in [0.05, 0.1) is 46.9 Å². The molecule has 0 amide bonds. The van der Waals surface area contributed by atoms with Crippen molar-refractivity contribution in [3.63, 3.8) is 0 Å². The Hall–Kier alpha value is -4.60. The summed E-state index contributed by atoms with van der Waals surface area (Å²) in [5.41, 5.74) is -2.01. The SMILES string of the molecule is N#Cc1ccc2c(ccn2Cc2noc(-c3cc(C(F)(F)F)ccc3-n3ccnc3)n2)c1C(F)(F)F. The molecule has 36 heavy (non-hydrogen) atoms. The highest BCUT2D eigenvalue weighted by Gasteiger charge is 2.36. The van der Waals surface area contributed by atoms with Crippen molar-refractivity contribution in [2.75, 3.05) is 0 Å². The topological polar surface area (TPSA) is 85.5 Å². The molecule has 0 radical (unpaired) electrons. The lowest BCUT2D eigenvalue weighted by atomic mass is 10.0. The highest BCUT2D eigenvalue weighted by atomic mass is 19.4. The minimum Gasteiger partial charge on any atom is -0.340 e. The fourth-order valence-corrected chi connectivity index (χ4v) is 3.90. The monoisotopic (exact) mass is 502 g/mol. The lowest BCUT2D eigenvalue weighted by Crippen LogP contribution is -2.09. The average molecular weight is 502 g/mol. The van der Waals surface area contributed by atoms with Gasteiger partial charge in [-0.2, -0.15) is 36.6 Å². The van der Waals surface area contributed by atoms with E-state index in [1.165, 1.54) is 52.3 Å². The number of hydrogen-bond acceptors (Lipinski definition) is 5. The zero-order chi connectivity index (χ0) is 25.7. The van der Waals surface area contributed by atoms with E-state index in [0.29, 0.717) is 5.69 Å². The van der Waals surface area contributed by atoms with Crippen LogP contribution in [0.3, 0.4) is 0 Å². The van der Waals surface area contributed by atoms with Crippen molar-refractivity contribution in [1.29, 1.82) is 5.26 Å². The Morgan fingerprint density at radius 2 is 1.78 bits per heavy atom. The lowest BCUT2D eigenvalue weighted by molar-refractivity contribution is -0.138. The molecule has 2 aromatic carbocycles. The molecular weight excluding hydrogens is 490 g/mol. The molecule has 7 nitrogen and oxygen atoms in total. The summed E-state index contributed by atoms with van der Waals surface area (Å²) in [7, 11) is 0. The predicted octanol–water partition coefficient (Wildman–Crippen LogP) is 5.83. The van der Waals surface area contributed by atoms with Crippen molar-refractivity contribution in [2.24, 2.45) is 0 Å². The number of rotatable bonds is 4. The van der Waals surface area contributed by atoms with Gasteiger partial charge >= 0.3 is 12.4 Å². The van der Waals surface area contributed by atoms with Crippen molar-refractivity contribution in [3.05, 3.63) is 83.8 Å². The Balaban J connectivity index is 1.55. The Bertz CT molecular complexity index is 1610. The molecule has 3 aromatic heterocycles. The summed E-state index contributed by atoms with van der Waals surface area (Å²) in [6.45, 7) is -0.129. The third-order valence-electron chi connectivity index (χ3n) is 5.47. The number of imidazole rings is 1. The van der Waals surface area contributed by atoms with E-state index in [2.05, 4.69) is 15.1 Å². The van der Waals surface area contributed by atoms with E-state index in [4.69, 9.17) is 9.78 Å². The summed E-state index contributed by atoms with van der Waals surface area (Å²) in [5, 5.41) is 12.7. The second-order valence-corrected chi connectivity index (χ2v) is 7.69. The lowest BCUT2D eigenvalue weighted by Gasteiger charge is -2.12. The van der Waals surface area contributed by atoms with Crippen LogP contribution >= 0.6 is 0 Å². The minimum absolute atomic E-state index is 0.00282. The summed E-state index contributed by atoms with van der Waals surface area (Å²) in [6, 6.07) is 8.25. The minimum atomic E-state index is -4.75. The molecule has 0 fully saturated rings. The first-order valence-electron chi connectivity index (χ1n) is 10.2. The van der Waals surface area contributed by atoms with Crippen LogP contribution in [-0.2, 0) is 18.9 Å².